The third kappa shape index (κ3) is 11.9. The van der Waals surface area contributed by atoms with Crippen LogP contribution in [0.4, 0.5) is 0 Å². The zero-order valence-corrected chi connectivity index (χ0v) is 20.5. The number of unbranched alkanes of at least 4 members (excludes halogenated alkanes) is 1. The molecule has 0 aliphatic rings. The molecule has 34 heavy (non-hydrogen) atoms. The van der Waals surface area contributed by atoms with E-state index in [1.165, 1.54) is 0 Å². The summed E-state index contributed by atoms with van der Waals surface area (Å²) in [4.78, 5) is 60.7. The third-order valence-electron chi connectivity index (χ3n) is 5.43. The van der Waals surface area contributed by atoms with Gasteiger partial charge in [0.2, 0.25) is 17.7 Å². The molecule has 0 aromatic heterocycles. The van der Waals surface area contributed by atoms with E-state index in [1.54, 1.807) is 6.92 Å². The van der Waals surface area contributed by atoms with Crippen molar-refractivity contribution in [3.63, 3.8) is 0 Å². The van der Waals surface area contributed by atoms with Crippen molar-refractivity contribution in [2.24, 2.45) is 23.3 Å². The molecule has 3 amide bonds. The van der Waals surface area contributed by atoms with E-state index in [4.69, 9.17) is 16.6 Å². The van der Waals surface area contributed by atoms with Crippen LogP contribution in [-0.4, -0.2) is 70.6 Å². The minimum absolute atomic E-state index is 0.0157. The molecule has 0 aliphatic carbocycles. The molecule has 12 nitrogen and oxygen atoms in total. The van der Waals surface area contributed by atoms with Gasteiger partial charge in [0.05, 0.1) is 12.5 Å². The first-order valence-electron chi connectivity index (χ1n) is 11.6. The molecule has 0 radical (unpaired) electrons. The topological polar surface area (TPSA) is 214 Å². The molecular formula is C22H41N5O7. The van der Waals surface area contributed by atoms with Crippen LogP contribution in [0.15, 0.2) is 0 Å². The summed E-state index contributed by atoms with van der Waals surface area (Å²) >= 11 is 0. The van der Waals surface area contributed by atoms with E-state index in [9.17, 15) is 29.1 Å². The van der Waals surface area contributed by atoms with Crippen LogP contribution in [0.5, 0.6) is 0 Å². The van der Waals surface area contributed by atoms with Crippen LogP contribution in [0.3, 0.4) is 0 Å². The van der Waals surface area contributed by atoms with Gasteiger partial charge in [0.15, 0.2) is 0 Å². The van der Waals surface area contributed by atoms with Crippen molar-refractivity contribution < 1.29 is 34.2 Å². The number of hydrogen-bond donors (Lipinski definition) is 7. The molecule has 0 bridgehead atoms. The maximum Gasteiger partial charge on any atom is 0.326 e. The van der Waals surface area contributed by atoms with Gasteiger partial charge in [-0.05, 0) is 44.1 Å². The lowest BCUT2D eigenvalue weighted by molar-refractivity contribution is -0.144. The first-order valence-corrected chi connectivity index (χ1v) is 11.6. The smallest absolute Gasteiger partial charge is 0.326 e. The Kier molecular flexibility index (Phi) is 14.7. The number of carbonyl (C=O) groups is 5. The van der Waals surface area contributed by atoms with Crippen molar-refractivity contribution in [2.45, 2.75) is 90.4 Å². The number of carboxylic acids is 2. The molecule has 0 fully saturated rings. The Bertz CT molecular complexity index is 701. The van der Waals surface area contributed by atoms with Gasteiger partial charge in [-0.15, -0.1) is 0 Å². The predicted molar refractivity (Wildman–Crippen MR) is 125 cm³/mol. The van der Waals surface area contributed by atoms with E-state index in [2.05, 4.69) is 16.0 Å². The molecule has 0 saturated heterocycles. The fraction of sp³-hybridized carbons (Fsp3) is 0.773. The molecule has 9 N–H and O–H groups in total. The summed E-state index contributed by atoms with van der Waals surface area (Å²) in [5.74, 6) is -4.85. The minimum Gasteiger partial charge on any atom is -0.481 e. The van der Waals surface area contributed by atoms with Crippen molar-refractivity contribution in [3.8, 4) is 0 Å². The molecule has 5 atom stereocenters. The van der Waals surface area contributed by atoms with Crippen molar-refractivity contribution >= 4 is 29.7 Å². The number of carbonyl (C=O) groups excluding carboxylic acids is 3. The molecule has 0 aromatic rings. The molecular weight excluding hydrogens is 446 g/mol. The average molecular weight is 488 g/mol. The van der Waals surface area contributed by atoms with Gasteiger partial charge < -0.3 is 37.6 Å². The van der Waals surface area contributed by atoms with Gasteiger partial charge in [-0.1, -0.05) is 34.1 Å². The summed E-state index contributed by atoms with van der Waals surface area (Å²) in [6.07, 6.45) is 1.49. The third-order valence-corrected chi connectivity index (χ3v) is 5.43. The molecule has 0 rings (SSSR count). The van der Waals surface area contributed by atoms with Crippen LogP contribution < -0.4 is 27.4 Å². The lowest BCUT2D eigenvalue weighted by atomic mass is 9.98. The Balaban J connectivity index is 5.57. The van der Waals surface area contributed by atoms with E-state index in [0.29, 0.717) is 25.8 Å². The van der Waals surface area contributed by atoms with E-state index in [1.807, 2.05) is 20.8 Å². The van der Waals surface area contributed by atoms with Crippen molar-refractivity contribution in [1.82, 2.24) is 16.0 Å². The molecule has 0 heterocycles. The molecule has 196 valence electrons. The Morgan fingerprint density at radius 2 is 1.41 bits per heavy atom. The van der Waals surface area contributed by atoms with Gasteiger partial charge in [0.1, 0.15) is 18.1 Å². The van der Waals surface area contributed by atoms with Gasteiger partial charge in [-0.2, -0.15) is 0 Å². The fourth-order valence-corrected chi connectivity index (χ4v) is 3.23. The Morgan fingerprint density at radius 3 is 1.88 bits per heavy atom. The molecule has 0 saturated carbocycles. The molecule has 0 spiro atoms. The zero-order valence-electron chi connectivity index (χ0n) is 20.5. The number of rotatable bonds is 17. The van der Waals surface area contributed by atoms with Crippen LogP contribution >= 0.6 is 0 Å². The molecule has 12 heteroatoms. The summed E-state index contributed by atoms with van der Waals surface area (Å²) in [5, 5.41) is 25.9. The summed E-state index contributed by atoms with van der Waals surface area (Å²) in [6.45, 7) is 7.56. The molecule has 5 unspecified atom stereocenters. The van der Waals surface area contributed by atoms with Crippen LogP contribution in [0.2, 0.25) is 0 Å². The Morgan fingerprint density at radius 1 is 0.853 bits per heavy atom. The fourth-order valence-electron chi connectivity index (χ4n) is 3.23. The van der Waals surface area contributed by atoms with E-state index < -0.39 is 60.2 Å². The highest BCUT2D eigenvalue weighted by Gasteiger charge is 2.32. The quantitative estimate of drug-likeness (QED) is 0.132. The van der Waals surface area contributed by atoms with Gasteiger partial charge in [0, 0.05) is 0 Å². The SMILES string of the molecule is CCC(C)C(NC(=O)C(CCCCN)NC(=O)C(CC(C)C)NC(=O)C(N)CC(=O)O)C(=O)O. The lowest BCUT2D eigenvalue weighted by Crippen LogP contribution is -2.58. The maximum absolute atomic E-state index is 13.0. The van der Waals surface area contributed by atoms with E-state index in [-0.39, 0.29) is 24.7 Å². The van der Waals surface area contributed by atoms with E-state index >= 15 is 0 Å². The zero-order chi connectivity index (χ0) is 26.4. The second kappa shape index (κ2) is 16.0. The summed E-state index contributed by atoms with van der Waals surface area (Å²) in [6, 6.07) is -4.55. The maximum atomic E-state index is 13.0. The molecule has 0 aromatic carbocycles. The number of nitrogens with one attached hydrogen (secondary N) is 3. The standard InChI is InChI=1S/C22H41N5O7/c1-5-13(4)18(22(33)34)27-20(31)15(8-6-7-9-23)25-21(32)16(10-12(2)3)26-19(30)14(24)11-17(28)29/h12-16,18H,5-11,23-24H2,1-4H3,(H,25,32)(H,26,30)(H,27,31)(H,28,29)(H,33,34). The molecule has 0 aliphatic heterocycles. The van der Waals surface area contributed by atoms with Gasteiger partial charge in [-0.25, -0.2) is 4.79 Å². The number of aliphatic carboxylic acids is 2. The lowest BCUT2D eigenvalue weighted by Gasteiger charge is -2.27. The van der Waals surface area contributed by atoms with Crippen LogP contribution in [0.1, 0.15) is 66.2 Å². The van der Waals surface area contributed by atoms with Gasteiger partial charge in [-0.3, -0.25) is 19.2 Å². The number of nitrogens with two attached hydrogens (primary N) is 2. The summed E-state index contributed by atoms with van der Waals surface area (Å²) in [7, 11) is 0. The highest BCUT2D eigenvalue weighted by Crippen LogP contribution is 2.11. The predicted octanol–water partition coefficient (Wildman–Crippen LogP) is -0.451. The highest BCUT2D eigenvalue weighted by molar-refractivity contribution is 5.94. The van der Waals surface area contributed by atoms with Gasteiger partial charge in [0.25, 0.3) is 0 Å². The normalized spacial score (nSPS) is 15.5. The van der Waals surface area contributed by atoms with Crippen LogP contribution in [0, 0.1) is 11.8 Å². The average Bonchev–Trinajstić information content (AvgIpc) is 2.74. The highest BCUT2D eigenvalue weighted by atomic mass is 16.4. The van der Waals surface area contributed by atoms with Crippen LogP contribution in [-0.2, 0) is 24.0 Å². The first-order chi connectivity index (χ1) is 15.8. The van der Waals surface area contributed by atoms with Gasteiger partial charge >= 0.3 is 11.9 Å². The van der Waals surface area contributed by atoms with E-state index in [0.717, 1.165) is 0 Å². The number of amides is 3. The Hall–Kier alpha value is -2.73. The Labute approximate surface area is 200 Å². The monoisotopic (exact) mass is 487 g/mol. The number of hydrogen-bond acceptors (Lipinski definition) is 7. The summed E-state index contributed by atoms with van der Waals surface area (Å²) < 4.78 is 0. The van der Waals surface area contributed by atoms with Crippen molar-refractivity contribution in [2.75, 3.05) is 6.54 Å². The largest absolute Gasteiger partial charge is 0.481 e. The summed E-state index contributed by atoms with van der Waals surface area (Å²) in [5.41, 5.74) is 11.1. The first kappa shape index (κ1) is 31.3. The van der Waals surface area contributed by atoms with Crippen LogP contribution in [0.25, 0.3) is 0 Å². The second-order valence-electron chi connectivity index (χ2n) is 8.95. The second-order valence-corrected chi connectivity index (χ2v) is 8.95. The van der Waals surface area contributed by atoms with Crippen molar-refractivity contribution in [3.05, 3.63) is 0 Å². The van der Waals surface area contributed by atoms with Crippen molar-refractivity contribution in [1.29, 1.82) is 0 Å². The minimum atomic E-state index is -1.34. The number of carboxylic acid groups (broad SMARTS) is 2.